The van der Waals surface area contributed by atoms with E-state index in [0.29, 0.717) is 6.04 Å². The second-order valence-electron chi connectivity index (χ2n) is 4.96. The molecule has 2 N–H and O–H groups in total. The highest BCUT2D eigenvalue weighted by Crippen LogP contribution is 2.32. The van der Waals surface area contributed by atoms with E-state index in [1.165, 1.54) is 31.4 Å². The van der Waals surface area contributed by atoms with Gasteiger partial charge in [-0.05, 0) is 26.2 Å². The van der Waals surface area contributed by atoms with Gasteiger partial charge < -0.3 is 10.3 Å². The Morgan fingerprint density at radius 2 is 2.25 bits per heavy atom. The first-order chi connectivity index (χ1) is 7.79. The van der Waals surface area contributed by atoms with Crippen LogP contribution in [0.2, 0.25) is 0 Å². The highest BCUT2D eigenvalue weighted by atomic mass is 15.0. The van der Waals surface area contributed by atoms with Gasteiger partial charge in [0, 0.05) is 23.9 Å². The molecule has 0 radical (unpaired) electrons. The number of H-pyrrole nitrogens is 1. The van der Waals surface area contributed by atoms with Gasteiger partial charge in [-0.2, -0.15) is 0 Å². The van der Waals surface area contributed by atoms with Crippen LogP contribution in [0.1, 0.15) is 63.4 Å². The largest absolute Gasteiger partial charge is 0.345 e. The quantitative estimate of drug-likeness (QED) is 0.802. The SMILES string of the molecule is CCC(C)NCc1ncc(C2CCCC2)[nH]1. The average molecular weight is 221 g/mol. The van der Waals surface area contributed by atoms with Crippen molar-refractivity contribution >= 4 is 0 Å². The molecule has 2 rings (SSSR count). The summed E-state index contributed by atoms with van der Waals surface area (Å²) in [5.74, 6) is 1.83. The molecule has 16 heavy (non-hydrogen) atoms. The summed E-state index contributed by atoms with van der Waals surface area (Å²) in [6, 6.07) is 0.569. The summed E-state index contributed by atoms with van der Waals surface area (Å²) in [5, 5.41) is 3.46. The van der Waals surface area contributed by atoms with Crippen LogP contribution in [0.5, 0.6) is 0 Å². The van der Waals surface area contributed by atoms with E-state index >= 15 is 0 Å². The molecule has 1 aliphatic rings. The van der Waals surface area contributed by atoms with E-state index in [4.69, 9.17) is 0 Å². The molecule has 0 bridgehead atoms. The molecule has 1 fully saturated rings. The highest BCUT2D eigenvalue weighted by molar-refractivity contribution is 5.09. The number of rotatable bonds is 5. The molecule has 1 saturated carbocycles. The summed E-state index contributed by atoms with van der Waals surface area (Å²) in [7, 11) is 0. The lowest BCUT2D eigenvalue weighted by molar-refractivity contribution is 0.524. The first-order valence-electron chi connectivity index (χ1n) is 6.56. The van der Waals surface area contributed by atoms with Crippen molar-refractivity contribution < 1.29 is 0 Å². The Hall–Kier alpha value is -0.830. The summed E-state index contributed by atoms with van der Waals surface area (Å²) < 4.78 is 0. The van der Waals surface area contributed by atoms with Gasteiger partial charge in [-0.3, -0.25) is 0 Å². The summed E-state index contributed by atoms with van der Waals surface area (Å²) >= 11 is 0. The third-order valence-electron chi connectivity index (χ3n) is 3.67. The van der Waals surface area contributed by atoms with Gasteiger partial charge in [0.05, 0.1) is 6.54 Å². The lowest BCUT2D eigenvalue weighted by Gasteiger charge is -2.09. The molecule has 90 valence electrons. The number of nitrogens with zero attached hydrogens (tertiary/aromatic N) is 1. The minimum atomic E-state index is 0.569. The maximum atomic E-state index is 4.45. The molecule has 1 aliphatic carbocycles. The number of hydrogen-bond donors (Lipinski definition) is 2. The molecule has 0 saturated heterocycles. The van der Waals surface area contributed by atoms with Crippen molar-refractivity contribution in [3.05, 3.63) is 17.7 Å². The summed E-state index contributed by atoms with van der Waals surface area (Å²) in [6.45, 7) is 5.27. The smallest absolute Gasteiger partial charge is 0.120 e. The Morgan fingerprint density at radius 1 is 1.50 bits per heavy atom. The maximum absolute atomic E-state index is 4.45. The van der Waals surface area contributed by atoms with Gasteiger partial charge in [-0.15, -0.1) is 0 Å². The van der Waals surface area contributed by atoms with E-state index in [1.54, 1.807) is 0 Å². The van der Waals surface area contributed by atoms with Crippen molar-refractivity contribution in [3.63, 3.8) is 0 Å². The average Bonchev–Trinajstić information content (AvgIpc) is 2.95. The molecule has 1 aromatic heterocycles. The molecule has 1 atom stereocenters. The minimum Gasteiger partial charge on any atom is -0.345 e. The van der Waals surface area contributed by atoms with Crippen LogP contribution < -0.4 is 5.32 Å². The van der Waals surface area contributed by atoms with Gasteiger partial charge in [0.15, 0.2) is 0 Å². The van der Waals surface area contributed by atoms with Crippen LogP contribution in [-0.4, -0.2) is 16.0 Å². The van der Waals surface area contributed by atoms with Crippen molar-refractivity contribution in [1.82, 2.24) is 15.3 Å². The maximum Gasteiger partial charge on any atom is 0.120 e. The van der Waals surface area contributed by atoms with Crippen LogP contribution in [0.15, 0.2) is 6.20 Å². The van der Waals surface area contributed by atoms with E-state index in [0.717, 1.165) is 24.7 Å². The normalized spacial score (nSPS) is 19.1. The molecular formula is C13H23N3. The Morgan fingerprint density at radius 3 is 2.94 bits per heavy atom. The minimum absolute atomic E-state index is 0.569. The van der Waals surface area contributed by atoms with Gasteiger partial charge >= 0.3 is 0 Å². The molecule has 0 aromatic carbocycles. The lowest BCUT2D eigenvalue weighted by atomic mass is 10.1. The van der Waals surface area contributed by atoms with E-state index < -0.39 is 0 Å². The summed E-state index contributed by atoms with van der Waals surface area (Å²) in [5.41, 5.74) is 1.35. The van der Waals surface area contributed by atoms with Crippen LogP contribution in [0, 0.1) is 0 Å². The standard InChI is InChI=1S/C13H23N3/c1-3-10(2)14-9-13-15-8-12(16-13)11-6-4-5-7-11/h8,10-11,14H,3-7,9H2,1-2H3,(H,15,16). The first kappa shape index (κ1) is 11.6. The van der Waals surface area contributed by atoms with Crippen molar-refractivity contribution in [2.24, 2.45) is 0 Å². The molecule has 0 amide bonds. The molecular weight excluding hydrogens is 198 g/mol. The van der Waals surface area contributed by atoms with Crippen molar-refractivity contribution in [2.75, 3.05) is 0 Å². The van der Waals surface area contributed by atoms with Gasteiger partial charge in [0.25, 0.3) is 0 Å². The van der Waals surface area contributed by atoms with Gasteiger partial charge in [0.2, 0.25) is 0 Å². The Bertz CT molecular complexity index is 313. The van der Waals surface area contributed by atoms with E-state index in [1.807, 2.05) is 6.20 Å². The topological polar surface area (TPSA) is 40.7 Å². The number of aromatic amines is 1. The predicted molar refractivity (Wildman–Crippen MR) is 66.4 cm³/mol. The monoisotopic (exact) mass is 221 g/mol. The van der Waals surface area contributed by atoms with Crippen LogP contribution in [-0.2, 0) is 6.54 Å². The van der Waals surface area contributed by atoms with Gasteiger partial charge in [0.1, 0.15) is 5.82 Å². The zero-order valence-corrected chi connectivity index (χ0v) is 10.4. The predicted octanol–water partition coefficient (Wildman–Crippen LogP) is 2.96. The Balaban J connectivity index is 1.86. The third-order valence-corrected chi connectivity index (χ3v) is 3.67. The fourth-order valence-electron chi connectivity index (χ4n) is 2.33. The van der Waals surface area contributed by atoms with Crippen LogP contribution >= 0.6 is 0 Å². The molecule has 1 unspecified atom stereocenters. The van der Waals surface area contributed by atoms with Gasteiger partial charge in [-0.25, -0.2) is 4.98 Å². The molecule has 3 heteroatoms. The van der Waals surface area contributed by atoms with E-state index in [2.05, 4.69) is 29.1 Å². The van der Waals surface area contributed by atoms with Crippen molar-refractivity contribution in [3.8, 4) is 0 Å². The molecule has 0 spiro atoms. The zero-order valence-electron chi connectivity index (χ0n) is 10.4. The number of aromatic nitrogens is 2. The van der Waals surface area contributed by atoms with Crippen LogP contribution in [0.4, 0.5) is 0 Å². The van der Waals surface area contributed by atoms with E-state index in [-0.39, 0.29) is 0 Å². The molecule has 3 nitrogen and oxygen atoms in total. The third kappa shape index (κ3) is 2.85. The zero-order chi connectivity index (χ0) is 11.4. The second kappa shape index (κ2) is 5.48. The van der Waals surface area contributed by atoms with E-state index in [9.17, 15) is 0 Å². The fourth-order valence-corrected chi connectivity index (χ4v) is 2.33. The Labute approximate surface area is 98.1 Å². The lowest BCUT2D eigenvalue weighted by Crippen LogP contribution is -2.24. The molecule has 0 aliphatic heterocycles. The van der Waals surface area contributed by atoms with Crippen molar-refractivity contribution in [2.45, 2.75) is 64.5 Å². The second-order valence-corrected chi connectivity index (χ2v) is 4.96. The summed E-state index contributed by atoms with van der Waals surface area (Å²) in [6.07, 6.45) is 8.62. The van der Waals surface area contributed by atoms with Crippen LogP contribution in [0.3, 0.4) is 0 Å². The number of nitrogens with one attached hydrogen (secondary N) is 2. The number of hydrogen-bond acceptors (Lipinski definition) is 2. The van der Waals surface area contributed by atoms with Crippen molar-refractivity contribution in [1.29, 1.82) is 0 Å². The Kier molecular flexibility index (Phi) is 3.99. The number of imidazole rings is 1. The molecule has 1 heterocycles. The van der Waals surface area contributed by atoms with Gasteiger partial charge in [-0.1, -0.05) is 19.8 Å². The van der Waals surface area contributed by atoms with Crippen LogP contribution in [0.25, 0.3) is 0 Å². The fraction of sp³-hybridized carbons (Fsp3) is 0.769. The summed E-state index contributed by atoms with van der Waals surface area (Å²) in [4.78, 5) is 7.91. The first-order valence-corrected chi connectivity index (χ1v) is 6.56. The highest BCUT2D eigenvalue weighted by Gasteiger charge is 2.18. The molecule has 1 aromatic rings.